The summed E-state index contributed by atoms with van der Waals surface area (Å²) in [6, 6.07) is 3.90. The molecular weight excluding hydrogens is 202 g/mol. The molecule has 0 atom stereocenters. The number of hydrogen-bond acceptors (Lipinski definition) is 3. The Morgan fingerprint density at radius 3 is 2.88 bits per heavy atom. The molecular formula is C12H15N3O. The van der Waals surface area contributed by atoms with E-state index >= 15 is 0 Å². The lowest BCUT2D eigenvalue weighted by atomic mass is 10.1. The van der Waals surface area contributed by atoms with Gasteiger partial charge in [-0.3, -0.25) is 4.40 Å². The highest BCUT2D eigenvalue weighted by Gasteiger charge is 2.22. The van der Waals surface area contributed by atoms with Crippen LogP contribution in [0.4, 0.5) is 0 Å². The molecule has 4 heteroatoms. The molecule has 0 N–H and O–H groups in total. The number of rotatable bonds is 2. The van der Waals surface area contributed by atoms with Gasteiger partial charge in [0.05, 0.1) is 7.11 Å². The summed E-state index contributed by atoms with van der Waals surface area (Å²) in [7, 11) is 1.67. The minimum Gasteiger partial charge on any atom is -0.493 e. The fraction of sp³-hybridized carbons (Fsp3) is 0.500. The van der Waals surface area contributed by atoms with Crippen LogP contribution in [0.15, 0.2) is 18.3 Å². The fourth-order valence-corrected chi connectivity index (χ4v) is 2.53. The van der Waals surface area contributed by atoms with Crippen LogP contribution in [-0.2, 0) is 0 Å². The van der Waals surface area contributed by atoms with Gasteiger partial charge in [0.25, 0.3) is 0 Å². The van der Waals surface area contributed by atoms with Crippen LogP contribution < -0.4 is 4.74 Å². The number of hydrogen-bond donors (Lipinski definition) is 0. The van der Waals surface area contributed by atoms with E-state index in [-0.39, 0.29) is 0 Å². The van der Waals surface area contributed by atoms with E-state index in [1.165, 1.54) is 25.7 Å². The zero-order chi connectivity index (χ0) is 11.0. The molecule has 0 unspecified atom stereocenters. The summed E-state index contributed by atoms with van der Waals surface area (Å²) >= 11 is 0. The van der Waals surface area contributed by atoms with Crippen molar-refractivity contribution in [1.82, 2.24) is 14.6 Å². The lowest BCUT2D eigenvalue weighted by molar-refractivity contribution is 0.416. The van der Waals surface area contributed by atoms with Crippen molar-refractivity contribution in [2.75, 3.05) is 7.11 Å². The molecule has 1 fully saturated rings. The Kier molecular flexibility index (Phi) is 2.27. The van der Waals surface area contributed by atoms with Crippen LogP contribution in [0.1, 0.15) is 37.4 Å². The maximum Gasteiger partial charge on any atom is 0.203 e. The van der Waals surface area contributed by atoms with Crippen LogP contribution in [-0.4, -0.2) is 21.7 Å². The van der Waals surface area contributed by atoms with E-state index in [1.54, 1.807) is 7.11 Å². The van der Waals surface area contributed by atoms with Crippen LogP contribution in [0.5, 0.6) is 5.75 Å². The molecule has 0 spiro atoms. The van der Waals surface area contributed by atoms with Gasteiger partial charge in [0.15, 0.2) is 5.75 Å². The van der Waals surface area contributed by atoms with E-state index < -0.39 is 0 Å². The molecule has 2 aromatic heterocycles. The standard InChI is InChI=1S/C12H15N3O/c1-16-10-7-4-8-15-11(13-14-12(10)15)9-5-2-3-6-9/h4,7-9H,2-3,5-6H2,1H3. The zero-order valence-corrected chi connectivity index (χ0v) is 9.39. The summed E-state index contributed by atoms with van der Waals surface area (Å²) in [5.74, 6) is 2.45. The van der Waals surface area contributed by atoms with E-state index in [4.69, 9.17) is 4.74 Å². The first kappa shape index (κ1) is 9.63. The highest BCUT2D eigenvalue weighted by Crippen LogP contribution is 2.33. The highest BCUT2D eigenvalue weighted by atomic mass is 16.5. The maximum atomic E-state index is 5.28. The summed E-state index contributed by atoms with van der Waals surface area (Å²) in [4.78, 5) is 0. The van der Waals surface area contributed by atoms with Crippen molar-refractivity contribution < 1.29 is 4.74 Å². The summed E-state index contributed by atoms with van der Waals surface area (Å²) in [5, 5.41) is 8.54. The Hall–Kier alpha value is -1.58. The molecule has 84 valence electrons. The van der Waals surface area contributed by atoms with E-state index in [0.717, 1.165) is 17.2 Å². The first-order valence-electron chi connectivity index (χ1n) is 5.78. The molecule has 1 aliphatic rings. The average Bonchev–Trinajstić information content (AvgIpc) is 2.96. The van der Waals surface area contributed by atoms with Crippen LogP contribution in [0.25, 0.3) is 5.65 Å². The predicted octanol–water partition coefficient (Wildman–Crippen LogP) is 2.40. The number of nitrogens with zero attached hydrogens (tertiary/aromatic N) is 3. The Bertz CT molecular complexity index is 500. The van der Waals surface area contributed by atoms with Crippen molar-refractivity contribution >= 4 is 5.65 Å². The molecule has 0 bridgehead atoms. The topological polar surface area (TPSA) is 39.4 Å². The van der Waals surface area contributed by atoms with Crippen LogP contribution in [0, 0.1) is 0 Å². The lowest BCUT2D eigenvalue weighted by Crippen LogP contribution is -2.00. The Morgan fingerprint density at radius 2 is 2.12 bits per heavy atom. The summed E-state index contributed by atoms with van der Waals surface area (Å²) < 4.78 is 7.34. The molecule has 4 nitrogen and oxygen atoms in total. The lowest BCUT2D eigenvalue weighted by Gasteiger charge is -2.07. The monoisotopic (exact) mass is 217 g/mol. The van der Waals surface area contributed by atoms with Gasteiger partial charge in [-0.15, -0.1) is 10.2 Å². The predicted molar refractivity (Wildman–Crippen MR) is 60.7 cm³/mol. The van der Waals surface area contributed by atoms with Crippen molar-refractivity contribution in [2.24, 2.45) is 0 Å². The van der Waals surface area contributed by atoms with Gasteiger partial charge in [-0.2, -0.15) is 0 Å². The van der Waals surface area contributed by atoms with E-state index in [1.807, 2.05) is 18.3 Å². The summed E-state index contributed by atoms with van der Waals surface area (Å²) in [6.45, 7) is 0. The molecule has 2 aromatic rings. The third-order valence-electron chi connectivity index (χ3n) is 3.37. The number of methoxy groups -OCH3 is 1. The molecule has 2 heterocycles. The van der Waals surface area contributed by atoms with E-state index in [2.05, 4.69) is 14.6 Å². The van der Waals surface area contributed by atoms with Crippen molar-refractivity contribution in [3.63, 3.8) is 0 Å². The Labute approximate surface area is 94.3 Å². The summed E-state index contributed by atoms with van der Waals surface area (Å²) in [6.07, 6.45) is 7.11. The Morgan fingerprint density at radius 1 is 1.31 bits per heavy atom. The smallest absolute Gasteiger partial charge is 0.203 e. The van der Waals surface area contributed by atoms with Gasteiger partial charge < -0.3 is 4.74 Å². The van der Waals surface area contributed by atoms with Crippen molar-refractivity contribution in [2.45, 2.75) is 31.6 Å². The number of fused-ring (bicyclic) bond motifs is 1. The number of aromatic nitrogens is 3. The third-order valence-corrected chi connectivity index (χ3v) is 3.37. The van der Waals surface area contributed by atoms with Gasteiger partial charge >= 0.3 is 0 Å². The molecule has 0 saturated heterocycles. The molecule has 0 amide bonds. The zero-order valence-electron chi connectivity index (χ0n) is 9.39. The van der Waals surface area contributed by atoms with Gasteiger partial charge in [0.2, 0.25) is 5.65 Å². The van der Waals surface area contributed by atoms with Gasteiger partial charge in [0, 0.05) is 12.1 Å². The second-order valence-electron chi connectivity index (χ2n) is 4.31. The number of ether oxygens (including phenoxy) is 1. The SMILES string of the molecule is COc1cccn2c(C3CCCC3)nnc12. The van der Waals surface area contributed by atoms with E-state index in [9.17, 15) is 0 Å². The van der Waals surface area contributed by atoms with Crippen LogP contribution >= 0.6 is 0 Å². The van der Waals surface area contributed by atoms with Crippen molar-refractivity contribution in [3.05, 3.63) is 24.2 Å². The van der Waals surface area contributed by atoms with Gasteiger partial charge in [0.1, 0.15) is 5.82 Å². The molecule has 0 aliphatic heterocycles. The van der Waals surface area contributed by atoms with Crippen molar-refractivity contribution in [1.29, 1.82) is 0 Å². The minimum atomic E-state index is 0.571. The van der Waals surface area contributed by atoms with Crippen LogP contribution in [0.3, 0.4) is 0 Å². The highest BCUT2D eigenvalue weighted by molar-refractivity contribution is 5.53. The molecule has 3 rings (SSSR count). The Balaban J connectivity index is 2.12. The van der Waals surface area contributed by atoms with Crippen molar-refractivity contribution in [3.8, 4) is 5.75 Å². The molecule has 1 saturated carbocycles. The average molecular weight is 217 g/mol. The normalized spacial score (nSPS) is 17.1. The first-order valence-corrected chi connectivity index (χ1v) is 5.78. The molecule has 0 radical (unpaired) electrons. The molecule has 16 heavy (non-hydrogen) atoms. The second-order valence-corrected chi connectivity index (χ2v) is 4.31. The second kappa shape index (κ2) is 3.77. The van der Waals surface area contributed by atoms with Gasteiger partial charge in [-0.25, -0.2) is 0 Å². The van der Waals surface area contributed by atoms with E-state index in [0.29, 0.717) is 5.92 Å². The maximum absolute atomic E-state index is 5.28. The largest absolute Gasteiger partial charge is 0.493 e. The molecule has 1 aliphatic carbocycles. The quantitative estimate of drug-likeness (QED) is 0.775. The first-order chi connectivity index (χ1) is 7.90. The summed E-state index contributed by atoms with van der Waals surface area (Å²) in [5.41, 5.74) is 0.826. The van der Waals surface area contributed by atoms with Crippen LogP contribution in [0.2, 0.25) is 0 Å². The minimum absolute atomic E-state index is 0.571. The molecule has 0 aromatic carbocycles. The van der Waals surface area contributed by atoms with Gasteiger partial charge in [-0.1, -0.05) is 12.8 Å². The third kappa shape index (κ3) is 1.37. The number of pyridine rings is 1. The fourth-order valence-electron chi connectivity index (χ4n) is 2.53. The van der Waals surface area contributed by atoms with Gasteiger partial charge in [-0.05, 0) is 25.0 Å².